The Hall–Kier alpha value is -3.77. The lowest BCUT2D eigenvalue weighted by Crippen LogP contribution is -2.19. The van der Waals surface area contributed by atoms with Crippen LogP contribution in [0.2, 0.25) is 0 Å². The Morgan fingerprint density at radius 3 is 2.76 bits per heavy atom. The van der Waals surface area contributed by atoms with Crippen molar-refractivity contribution in [2.45, 2.75) is 19.4 Å². The second kappa shape index (κ2) is 7.69. The summed E-state index contributed by atoms with van der Waals surface area (Å²) in [4.78, 5) is 15.8. The number of rotatable bonds is 3. The lowest BCUT2D eigenvalue weighted by Gasteiger charge is -2.10. The number of nitrogens with two attached hydrogens (primary N) is 1. The van der Waals surface area contributed by atoms with E-state index in [9.17, 15) is 14.3 Å². The Bertz CT molecular complexity index is 1140. The van der Waals surface area contributed by atoms with E-state index in [1.165, 1.54) is 14.0 Å². The molecule has 0 aliphatic heterocycles. The summed E-state index contributed by atoms with van der Waals surface area (Å²) >= 11 is 0. The second-order valence-corrected chi connectivity index (χ2v) is 6.28. The highest BCUT2D eigenvalue weighted by Crippen LogP contribution is 2.25. The number of carbonyl (C=O) groups excluding carboxylic acids is 1. The van der Waals surface area contributed by atoms with Crippen LogP contribution in [-0.4, -0.2) is 33.4 Å². The number of halogens is 1. The molecule has 0 radical (unpaired) electrons. The number of pyridine rings is 1. The van der Waals surface area contributed by atoms with E-state index in [0.717, 1.165) is 6.07 Å². The molecule has 0 aliphatic rings. The number of benzene rings is 1. The zero-order chi connectivity index (χ0) is 21.2. The summed E-state index contributed by atoms with van der Waals surface area (Å²) in [6.45, 7) is 3.01. The third-order valence-corrected chi connectivity index (χ3v) is 3.91. The first-order valence-corrected chi connectivity index (χ1v) is 8.42. The van der Waals surface area contributed by atoms with Gasteiger partial charge in [-0.05, 0) is 19.1 Å². The Morgan fingerprint density at radius 1 is 1.34 bits per heavy atom. The van der Waals surface area contributed by atoms with E-state index in [-0.39, 0.29) is 23.0 Å². The monoisotopic (exact) mass is 396 g/mol. The average molecular weight is 396 g/mol. The van der Waals surface area contributed by atoms with Gasteiger partial charge in [-0.2, -0.15) is 0 Å². The number of aromatic nitrogens is 3. The molecule has 0 spiro atoms. The molecule has 2 heterocycles. The Labute approximate surface area is 165 Å². The van der Waals surface area contributed by atoms with Crippen LogP contribution in [0.5, 0.6) is 0 Å². The van der Waals surface area contributed by atoms with Crippen LogP contribution >= 0.6 is 0 Å². The van der Waals surface area contributed by atoms with Crippen molar-refractivity contribution in [2.75, 3.05) is 12.8 Å². The lowest BCUT2D eigenvalue weighted by atomic mass is 10.0. The third-order valence-electron chi connectivity index (χ3n) is 3.91. The van der Waals surface area contributed by atoms with E-state index in [1.807, 2.05) is 0 Å². The first kappa shape index (κ1) is 20.0. The van der Waals surface area contributed by atoms with Crippen molar-refractivity contribution in [1.29, 1.82) is 0 Å². The number of nitrogens with zero attached hydrogens (tertiary/aromatic N) is 3. The van der Waals surface area contributed by atoms with Crippen molar-refractivity contribution in [1.82, 2.24) is 15.2 Å². The van der Waals surface area contributed by atoms with Crippen LogP contribution in [0.25, 0.3) is 11.3 Å². The van der Waals surface area contributed by atoms with Crippen molar-refractivity contribution in [2.24, 2.45) is 0 Å². The van der Waals surface area contributed by atoms with Gasteiger partial charge in [0.15, 0.2) is 11.5 Å². The van der Waals surface area contributed by atoms with Gasteiger partial charge in [0, 0.05) is 24.1 Å². The molecule has 1 aromatic carbocycles. The van der Waals surface area contributed by atoms with Gasteiger partial charge in [0.2, 0.25) is 11.5 Å². The summed E-state index contributed by atoms with van der Waals surface area (Å²) < 4.78 is 24.2. The van der Waals surface area contributed by atoms with Crippen LogP contribution in [0.1, 0.15) is 34.8 Å². The Morgan fingerprint density at radius 2 is 2.10 bits per heavy atom. The number of esters is 1. The molecule has 3 rings (SSSR count). The number of ether oxygens (including phenoxy) is 1. The summed E-state index contributed by atoms with van der Waals surface area (Å²) in [7, 11) is 1.18. The maximum atomic E-state index is 14.4. The van der Waals surface area contributed by atoms with E-state index in [0.29, 0.717) is 17.0 Å². The van der Waals surface area contributed by atoms with Crippen molar-refractivity contribution in [3.05, 3.63) is 59.2 Å². The average Bonchev–Trinajstić information content (AvgIpc) is 3.13. The van der Waals surface area contributed by atoms with Gasteiger partial charge in [-0.3, -0.25) is 0 Å². The molecular weight excluding hydrogens is 379 g/mol. The van der Waals surface area contributed by atoms with E-state index in [1.54, 1.807) is 31.2 Å². The Balaban J connectivity index is 1.99. The van der Waals surface area contributed by atoms with Crippen LogP contribution in [0.3, 0.4) is 0 Å². The summed E-state index contributed by atoms with van der Waals surface area (Å²) in [5, 5.41) is 17.9. The maximum Gasteiger partial charge on any atom is 0.358 e. The molecule has 3 N–H and O–H groups in total. The number of methoxy groups -OCH3 is 1. The smallest absolute Gasteiger partial charge is 0.358 e. The number of anilines is 1. The minimum Gasteiger partial charge on any atom is -0.464 e. The molecular formula is C20H17FN4O4. The van der Waals surface area contributed by atoms with Gasteiger partial charge in [0.05, 0.1) is 12.8 Å². The molecule has 2 aromatic heterocycles. The molecule has 0 fully saturated rings. The highest BCUT2D eigenvalue weighted by atomic mass is 19.1. The van der Waals surface area contributed by atoms with Gasteiger partial charge in [0.25, 0.3) is 5.89 Å². The first-order chi connectivity index (χ1) is 13.7. The molecule has 1 unspecified atom stereocenters. The minimum absolute atomic E-state index is 0.0346. The fourth-order valence-electron chi connectivity index (χ4n) is 2.45. The first-order valence-electron chi connectivity index (χ1n) is 8.42. The molecule has 148 valence electrons. The molecule has 0 bridgehead atoms. The molecule has 3 aromatic rings. The maximum absolute atomic E-state index is 14.4. The number of aryl methyl sites for hydroxylation is 1. The molecule has 0 amide bonds. The summed E-state index contributed by atoms with van der Waals surface area (Å²) in [6.07, 6.45) is 0. The van der Waals surface area contributed by atoms with Crippen LogP contribution in [-0.2, 0) is 10.3 Å². The van der Waals surface area contributed by atoms with Crippen molar-refractivity contribution in [3.63, 3.8) is 0 Å². The predicted molar refractivity (Wildman–Crippen MR) is 101 cm³/mol. The molecule has 0 saturated carbocycles. The van der Waals surface area contributed by atoms with Crippen LogP contribution < -0.4 is 5.73 Å². The number of aliphatic hydroxyl groups is 1. The lowest BCUT2D eigenvalue weighted by molar-refractivity contribution is 0.0595. The van der Waals surface area contributed by atoms with Gasteiger partial charge in [-0.1, -0.05) is 24.0 Å². The number of carbonyl (C=O) groups is 1. The van der Waals surface area contributed by atoms with E-state index in [2.05, 4.69) is 31.8 Å². The van der Waals surface area contributed by atoms with Gasteiger partial charge < -0.3 is 20.0 Å². The summed E-state index contributed by atoms with van der Waals surface area (Å²) in [5.74, 6) is 4.23. The number of hydrogen-bond donors (Lipinski definition) is 2. The second-order valence-electron chi connectivity index (χ2n) is 6.28. The number of nitrogen functional groups attached to an aromatic ring is 1. The minimum atomic E-state index is -1.67. The van der Waals surface area contributed by atoms with Crippen molar-refractivity contribution >= 4 is 11.7 Å². The molecule has 0 saturated heterocycles. The quantitative estimate of drug-likeness (QED) is 0.510. The normalized spacial score (nSPS) is 12.6. The molecule has 9 heteroatoms. The molecule has 1 atom stereocenters. The van der Waals surface area contributed by atoms with E-state index >= 15 is 0 Å². The summed E-state index contributed by atoms with van der Waals surface area (Å²) in [6, 6.07) is 7.48. The molecule has 8 nitrogen and oxygen atoms in total. The zero-order valence-corrected chi connectivity index (χ0v) is 15.9. The van der Waals surface area contributed by atoms with Crippen LogP contribution in [0.15, 0.2) is 34.7 Å². The highest BCUT2D eigenvalue weighted by molar-refractivity contribution is 5.93. The SMILES string of the molecule is COC(=O)c1nc(-c2cccc(C#CC(C)(O)c3nnc(C)o3)c2)c(F)cc1N. The molecule has 29 heavy (non-hydrogen) atoms. The fraction of sp³-hybridized carbons (Fsp3) is 0.200. The van der Waals surface area contributed by atoms with Crippen molar-refractivity contribution < 1.29 is 23.4 Å². The molecule has 0 aliphatic carbocycles. The fourth-order valence-corrected chi connectivity index (χ4v) is 2.45. The zero-order valence-electron chi connectivity index (χ0n) is 15.9. The van der Waals surface area contributed by atoms with Gasteiger partial charge in [-0.15, -0.1) is 10.2 Å². The standard InChI is InChI=1S/C20H17FN4O4/c1-11-24-25-19(29-11)20(2,27)8-7-12-5-4-6-13(9-12)16-14(21)10-15(22)17(23-16)18(26)28-3/h4-6,9-10,27H,22H2,1-3H3. The van der Waals surface area contributed by atoms with E-state index < -0.39 is 17.4 Å². The number of hydrogen-bond acceptors (Lipinski definition) is 8. The van der Waals surface area contributed by atoms with Crippen LogP contribution in [0.4, 0.5) is 10.1 Å². The van der Waals surface area contributed by atoms with Crippen molar-refractivity contribution in [3.8, 4) is 23.1 Å². The largest absolute Gasteiger partial charge is 0.464 e. The highest BCUT2D eigenvalue weighted by Gasteiger charge is 2.27. The Kier molecular flexibility index (Phi) is 5.30. The topological polar surface area (TPSA) is 124 Å². The van der Waals surface area contributed by atoms with Gasteiger partial charge in [-0.25, -0.2) is 14.2 Å². The third kappa shape index (κ3) is 4.23. The van der Waals surface area contributed by atoms with E-state index in [4.69, 9.17) is 10.2 Å². The van der Waals surface area contributed by atoms with Crippen LogP contribution in [0, 0.1) is 24.6 Å². The van der Waals surface area contributed by atoms with Gasteiger partial charge >= 0.3 is 5.97 Å². The van der Waals surface area contributed by atoms with Gasteiger partial charge in [0.1, 0.15) is 5.69 Å². The predicted octanol–water partition coefficient (Wildman–Crippen LogP) is 2.21. The summed E-state index contributed by atoms with van der Waals surface area (Å²) in [5.41, 5.74) is 4.43.